The van der Waals surface area contributed by atoms with Gasteiger partial charge in [-0.3, -0.25) is 0 Å². The van der Waals surface area contributed by atoms with Gasteiger partial charge in [-0.2, -0.15) is 17.0 Å². The maximum absolute atomic E-state index is 12.0. The van der Waals surface area contributed by atoms with Crippen LogP contribution in [0.15, 0.2) is 0 Å². The van der Waals surface area contributed by atoms with Crippen LogP contribution in [-0.4, -0.2) is 62.3 Å². The molecule has 1 unspecified atom stereocenters. The standard InChI is InChI=1S/C9H21BrN2O3S/c1-5-12(6-2)16(13,14)11(3)7-9(10)8-15-4/h9H,5-8H2,1-4H3. The van der Waals surface area contributed by atoms with Crippen LogP contribution in [0.3, 0.4) is 0 Å². The van der Waals surface area contributed by atoms with Gasteiger partial charge in [0.25, 0.3) is 10.2 Å². The Morgan fingerprint density at radius 2 is 1.81 bits per heavy atom. The van der Waals surface area contributed by atoms with Crippen LogP contribution in [-0.2, 0) is 14.9 Å². The highest BCUT2D eigenvalue weighted by atomic mass is 79.9. The minimum absolute atomic E-state index is 0.00726. The maximum Gasteiger partial charge on any atom is 0.281 e. The third kappa shape index (κ3) is 4.67. The van der Waals surface area contributed by atoms with Crippen LogP contribution in [0, 0.1) is 0 Å². The first-order valence-corrected chi connectivity index (χ1v) is 7.55. The van der Waals surface area contributed by atoms with Gasteiger partial charge >= 0.3 is 0 Å². The largest absolute Gasteiger partial charge is 0.383 e. The van der Waals surface area contributed by atoms with Gasteiger partial charge < -0.3 is 4.74 Å². The Balaban J connectivity index is 4.51. The molecule has 0 heterocycles. The highest BCUT2D eigenvalue weighted by molar-refractivity contribution is 9.09. The zero-order chi connectivity index (χ0) is 12.8. The third-order valence-electron chi connectivity index (χ3n) is 2.23. The lowest BCUT2D eigenvalue weighted by atomic mass is 10.4. The van der Waals surface area contributed by atoms with Gasteiger partial charge in [0.05, 0.1) is 11.4 Å². The summed E-state index contributed by atoms with van der Waals surface area (Å²) < 4.78 is 31.8. The normalized spacial score (nSPS) is 14.7. The van der Waals surface area contributed by atoms with Crippen LogP contribution >= 0.6 is 15.9 Å². The van der Waals surface area contributed by atoms with Gasteiger partial charge in [-0.1, -0.05) is 29.8 Å². The van der Waals surface area contributed by atoms with Gasteiger partial charge in [-0.25, -0.2) is 0 Å². The highest BCUT2D eigenvalue weighted by Gasteiger charge is 2.25. The van der Waals surface area contributed by atoms with Crippen molar-refractivity contribution in [3.05, 3.63) is 0 Å². The van der Waals surface area contributed by atoms with E-state index in [0.29, 0.717) is 26.2 Å². The zero-order valence-electron chi connectivity index (χ0n) is 10.3. The number of hydrogen-bond donors (Lipinski definition) is 0. The summed E-state index contributed by atoms with van der Waals surface area (Å²) in [5.74, 6) is 0. The molecule has 0 saturated heterocycles. The van der Waals surface area contributed by atoms with E-state index in [-0.39, 0.29) is 4.83 Å². The molecule has 0 aliphatic carbocycles. The number of methoxy groups -OCH3 is 1. The number of nitrogens with zero attached hydrogens (tertiary/aromatic N) is 2. The van der Waals surface area contributed by atoms with E-state index in [0.717, 1.165) is 0 Å². The molecule has 0 rings (SSSR count). The molecule has 1 atom stereocenters. The maximum atomic E-state index is 12.0. The molecule has 5 nitrogen and oxygen atoms in total. The SMILES string of the molecule is CCN(CC)S(=O)(=O)N(C)CC(Br)COC. The predicted octanol–water partition coefficient (Wildman–Crippen LogP) is 0.915. The Hall–Kier alpha value is 0.310. The molecule has 0 aromatic carbocycles. The predicted molar refractivity (Wildman–Crippen MR) is 69.1 cm³/mol. The number of ether oxygens (including phenoxy) is 1. The van der Waals surface area contributed by atoms with Crippen LogP contribution in [0.4, 0.5) is 0 Å². The summed E-state index contributed by atoms with van der Waals surface area (Å²) >= 11 is 3.37. The van der Waals surface area contributed by atoms with Crippen LogP contribution in [0.25, 0.3) is 0 Å². The molecule has 7 heteroatoms. The van der Waals surface area contributed by atoms with E-state index in [1.807, 2.05) is 13.8 Å². The quantitative estimate of drug-likeness (QED) is 0.626. The summed E-state index contributed by atoms with van der Waals surface area (Å²) in [6.07, 6.45) is 0. The molecule has 0 fully saturated rings. The lowest BCUT2D eigenvalue weighted by Gasteiger charge is -2.26. The van der Waals surface area contributed by atoms with Crippen LogP contribution < -0.4 is 0 Å². The fraction of sp³-hybridized carbons (Fsp3) is 1.00. The first kappa shape index (κ1) is 16.3. The van der Waals surface area contributed by atoms with Crippen molar-refractivity contribution in [2.24, 2.45) is 0 Å². The van der Waals surface area contributed by atoms with Gasteiger partial charge in [0.15, 0.2) is 0 Å². The smallest absolute Gasteiger partial charge is 0.281 e. The molecular formula is C9H21BrN2O3S. The molecule has 0 bridgehead atoms. The van der Waals surface area contributed by atoms with Crippen molar-refractivity contribution in [1.82, 2.24) is 8.61 Å². The third-order valence-corrected chi connectivity index (χ3v) is 4.89. The van der Waals surface area contributed by atoms with E-state index in [9.17, 15) is 8.42 Å². The molecular weight excluding hydrogens is 296 g/mol. The summed E-state index contributed by atoms with van der Waals surface area (Å²) in [6, 6.07) is 0. The molecule has 0 radical (unpaired) electrons. The van der Waals surface area contributed by atoms with E-state index in [2.05, 4.69) is 15.9 Å². The van der Waals surface area contributed by atoms with E-state index in [4.69, 9.17) is 4.74 Å². The van der Waals surface area contributed by atoms with Crippen LogP contribution in [0.2, 0.25) is 0 Å². The number of alkyl halides is 1. The van der Waals surface area contributed by atoms with E-state index in [1.54, 1.807) is 14.2 Å². The highest BCUT2D eigenvalue weighted by Crippen LogP contribution is 2.10. The lowest BCUT2D eigenvalue weighted by molar-refractivity contribution is 0.194. The Labute approximate surface area is 107 Å². The summed E-state index contributed by atoms with van der Waals surface area (Å²) in [5.41, 5.74) is 0. The second-order valence-corrected chi connectivity index (χ2v) is 6.76. The summed E-state index contributed by atoms with van der Waals surface area (Å²) in [4.78, 5) is 0.00726. The molecule has 0 aromatic heterocycles. The molecule has 0 saturated carbocycles. The fourth-order valence-electron chi connectivity index (χ4n) is 1.35. The minimum Gasteiger partial charge on any atom is -0.383 e. The number of rotatable bonds is 8. The average Bonchev–Trinajstić information content (AvgIpc) is 2.19. The molecule has 98 valence electrons. The van der Waals surface area contributed by atoms with Crippen LogP contribution in [0.5, 0.6) is 0 Å². The molecule has 0 spiro atoms. The average molecular weight is 317 g/mol. The Kier molecular flexibility index (Phi) is 7.75. The van der Waals surface area contributed by atoms with Gasteiger partial charge in [-0.05, 0) is 0 Å². The van der Waals surface area contributed by atoms with Crippen molar-refractivity contribution >= 4 is 26.1 Å². The van der Waals surface area contributed by atoms with Crippen LogP contribution in [0.1, 0.15) is 13.8 Å². The molecule has 0 aliphatic heterocycles. The zero-order valence-corrected chi connectivity index (χ0v) is 12.7. The lowest BCUT2D eigenvalue weighted by Crippen LogP contribution is -2.44. The second-order valence-electron chi connectivity index (χ2n) is 3.43. The Morgan fingerprint density at radius 1 is 1.31 bits per heavy atom. The second kappa shape index (κ2) is 7.60. The summed E-state index contributed by atoms with van der Waals surface area (Å²) in [7, 11) is -0.162. The number of halogens is 1. The topological polar surface area (TPSA) is 49.9 Å². The fourth-order valence-corrected chi connectivity index (χ4v) is 3.66. The van der Waals surface area contributed by atoms with Crippen molar-refractivity contribution < 1.29 is 13.2 Å². The summed E-state index contributed by atoms with van der Waals surface area (Å²) in [6.45, 7) is 5.51. The van der Waals surface area contributed by atoms with E-state index < -0.39 is 10.2 Å². The van der Waals surface area contributed by atoms with Crippen molar-refractivity contribution in [2.45, 2.75) is 18.7 Å². The Bertz CT molecular complexity index is 280. The molecule has 0 aromatic rings. The Morgan fingerprint density at radius 3 is 2.19 bits per heavy atom. The molecule has 0 amide bonds. The van der Waals surface area contributed by atoms with Crippen molar-refractivity contribution in [2.75, 3.05) is 40.4 Å². The van der Waals surface area contributed by atoms with Gasteiger partial charge in [-0.15, -0.1) is 0 Å². The van der Waals surface area contributed by atoms with Gasteiger partial charge in [0.1, 0.15) is 0 Å². The molecule has 0 N–H and O–H groups in total. The van der Waals surface area contributed by atoms with E-state index >= 15 is 0 Å². The molecule has 16 heavy (non-hydrogen) atoms. The summed E-state index contributed by atoms with van der Waals surface area (Å²) in [5, 5.41) is 0. The van der Waals surface area contributed by atoms with Crippen molar-refractivity contribution in [3.8, 4) is 0 Å². The monoisotopic (exact) mass is 316 g/mol. The van der Waals surface area contributed by atoms with Crippen molar-refractivity contribution in [1.29, 1.82) is 0 Å². The van der Waals surface area contributed by atoms with Gasteiger partial charge in [0.2, 0.25) is 0 Å². The number of hydrogen-bond acceptors (Lipinski definition) is 3. The van der Waals surface area contributed by atoms with Crippen molar-refractivity contribution in [3.63, 3.8) is 0 Å². The van der Waals surface area contributed by atoms with E-state index in [1.165, 1.54) is 8.61 Å². The first-order valence-electron chi connectivity index (χ1n) is 5.24. The molecule has 0 aliphatic rings. The first-order chi connectivity index (χ1) is 7.39. The minimum atomic E-state index is -3.33. The van der Waals surface area contributed by atoms with Gasteiger partial charge in [0, 0.05) is 33.8 Å².